The summed E-state index contributed by atoms with van der Waals surface area (Å²) in [6, 6.07) is 13.9. The van der Waals surface area contributed by atoms with E-state index >= 15 is 0 Å². The van der Waals surface area contributed by atoms with Gasteiger partial charge in [0.25, 0.3) is 5.69 Å². The Morgan fingerprint density at radius 3 is 2.67 bits per heavy atom. The second kappa shape index (κ2) is 8.41. The molecule has 0 aliphatic rings. The van der Waals surface area contributed by atoms with Crippen LogP contribution in [0.1, 0.15) is 19.4 Å². The lowest BCUT2D eigenvalue weighted by molar-refractivity contribution is -0.384. The molecule has 0 atom stereocenters. The van der Waals surface area contributed by atoms with E-state index in [0.29, 0.717) is 5.13 Å². The number of aromatic nitrogens is 1. The number of nitrogens with one attached hydrogen (secondary N) is 1. The van der Waals surface area contributed by atoms with Crippen LogP contribution in [0.25, 0.3) is 11.3 Å². The van der Waals surface area contributed by atoms with E-state index in [1.54, 1.807) is 18.3 Å². The summed E-state index contributed by atoms with van der Waals surface area (Å²) in [5.74, 6) is 0.767. The number of hydrogen-bond acceptors (Lipinski definition) is 7. The van der Waals surface area contributed by atoms with Crippen LogP contribution in [0.2, 0.25) is 0 Å². The number of nitro groups is 1. The molecule has 0 fully saturated rings. The summed E-state index contributed by atoms with van der Waals surface area (Å²) in [6.45, 7) is 3.95. The minimum Gasteiger partial charge on any atom is -0.490 e. The van der Waals surface area contributed by atoms with Crippen LogP contribution in [0.15, 0.2) is 59.0 Å². The Labute approximate surface area is 160 Å². The highest BCUT2D eigenvalue weighted by Gasteiger charge is 2.08. The van der Waals surface area contributed by atoms with Gasteiger partial charge < -0.3 is 4.74 Å². The highest BCUT2D eigenvalue weighted by Crippen LogP contribution is 2.26. The average molecular weight is 382 g/mol. The van der Waals surface area contributed by atoms with Crippen molar-refractivity contribution >= 4 is 28.4 Å². The van der Waals surface area contributed by atoms with E-state index in [1.165, 1.54) is 23.5 Å². The van der Waals surface area contributed by atoms with Crippen LogP contribution < -0.4 is 10.2 Å². The molecule has 7 nitrogen and oxygen atoms in total. The maximum atomic E-state index is 10.7. The molecule has 0 aliphatic heterocycles. The lowest BCUT2D eigenvalue weighted by atomic mass is 10.1. The molecule has 0 spiro atoms. The van der Waals surface area contributed by atoms with Crippen molar-refractivity contribution in [2.24, 2.45) is 5.10 Å². The third-order valence-electron chi connectivity index (χ3n) is 3.52. The summed E-state index contributed by atoms with van der Waals surface area (Å²) in [6.07, 6.45) is 1.76. The van der Waals surface area contributed by atoms with Gasteiger partial charge in [-0.1, -0.05) is 12.1 Å². The first-order valence-electron chi connectivity index (χ1n) is 8.28. The van der Waals surface area contributed by atoms with Crippen LogP contribution in [0.5, 0.6) is 5.75 Å². The Morgan fingerprint density at radius 1 is 1.22 bits per heavy atom. The van der Waals surface area contributed by atoms with Crippen molar-refractivity contribution in [3.63, 3.8) is 0 Å². The number of thiazole rings is 1. The molecule has 0 unspecified atom stereocenters. The SMILES string of the molecule is CC(C)Oc1ccccc1/C=N/Nc1nc(-c2ccc([N+](=O)[O-])cc2)cs1. The Kier molecular flexibility index (Phi) is 5.77. The minimum atomic E-state index is -0.423. The molecular weight excluding hydrogens is 364 g/mol. The quantitative estimate of drug-likeness (QED) is 0.355. The smallest absolute Gasteiger partial charge is 0.269 e. The fraction of sp³-hybridized carbons (Fsp3) is 0.158. The van der Waals surface area contributed by atoms with E-state index in [2.05, 4.69) is 15.5 Å². The van der Waals surface area contributed by atoms with Gasteiger partial charge in [-0.3, -0.25) is 15.5 Å². The van der Waals surface area contributed by atoms with Gasteiger partial charge in [-0.2, -0.15) is 5.10 Å². The molecule has 0 aliphatic carbocycles. The number of hydrazone groups is 1. The monoisotopic (exact) mass is 382 g/mol. The Morgan fingerprint density at radius 2 is 1.96 bits per heavy atom. The van der Waals surface area contributed by atoms with E-state index < -0.39 is 4.92 Å². The van der Waals surface area contributed by atoms with Crippen molar-refractivity contribution in [2.75, 3.05) is 5.43 Å². The van der Waals surface area contributed by atoms with Gasteiger partial charge in [0.2, 0.25) is 5.13 Å². The molecule has 3 aromatic rings. The van der Waals surface area contributed by atoms with Crippen LogP contribution in [0, 0.1) is 10.1 Å². The van der Waals surface area contributed by atoms with E-state index in [4.69, 9.17) is 4.74 Å². The molecule has 0 amide bonds. The number of anilines is 1. The highest BCUT2D eigenvalue weighted by molar-refractivity contribution is 7.14. The first kappa shape index (κ1) is 18.5. The van der Waals surface area contributed by atoms with Crippen molar-refractivity contribution in [2.45, 2.75) is 20.0 Å². The zero-order valence-corrected chi connectivity index (χ0v) is 15.6. The molecule has 138 valence electrons. The lowest BCUT2D eigenvalue weighted by Gasteiger charge is -2.11. The number of ether oxygens (including phenoxy) is 1. The van der Waals surface area contributed by atoms with Crippen molar-refractivity contribution in [1.29, 1.82) is 0 Å². The molecular formula is C19H18N4O3S. The van der Waals surface area contributed by atoms with Gasteiger partial charge in [-0.25, -0.2) is 4.98 Å². The number of para-hydroxylation sites is 1. The number of hydrogen-bond donors (Lipinski definition) is 1. The summed E-state index contributed by atoms with van der Waals surface area (Å²) in [5, 5.41) is 17.5. The first-order chi connectivity index (χ1) is 13.0. The summed E-state index contributed by atoms with van der Waals surface area (Å²) in [7, 11) is 0. The number of benzene rings is 2. The number of rotatable bonds is 7. The molecule has 2 aromatic carbocycles. The maximum absolute atomic E-state index is 10.7. The zero-order valence-electron chi connectivity index (χ0n) is 14.8. The average Bonchev–Trinajstić information content (AvgIpc) is 3.12. The number of nitrogens with zero attached hydrogens (tertiary/aromatic N) is 3. The van der Waals surface area contributed by atoms with Crippen LogP contribution in [-0.2, 0) is 0 Å². The Balaban J connectivity index is 1.68. The second-order valence-corrected chi connectivity index (χ2v) is 6.77. The minimum absolute atomic E-state index is 0.0548. The summed E-state index contributed by atoms with van der Waals surface area (Å²) >= 11 is 1.40. The van der Waals surface area contributed by atoms with Crippen molar-refractivity contribution in [3.05, 3.63) is 69.6 Å². The maximum Gasteiger partial charge on any atom is 0.269 e. The zero-order chi connectivity index (χ0) is 19.2. The van der Waals surface area contributed by atoms with Crippen LogP contribution in [0.4, 0.5) is 10.8 Å². The normalized spacial score (nSPS) is 11.1. The molecule has 1 N–H and O–H groups in total. The molecule has 1 heterocycles. The molecule has 0 saturated carbocycles. The molecule has 3 rings (SSSR count). The lowest BCUT2D eigenvalue weighted by Crippen LogP contribution is -2.07. The van der Waals surface area contributed by atoms with Gasteiger partial charge in [0.05, 0.1) is 22.9 Å². The predicted octanol–water partition coefficient (Wildman–Crippen LogP) is 4.95. The molecule has 0 radical (unpaired) electrons. The third-order valence-corrected chi connectivity index (χ3v) is 4.27. The summed E-state index contributed by atoms with van der Waals surface area (Å²) < 4.78 is 5.76. The molecule has 1 aromatic heterocycles. The second-order valence-electron chi connectivity index (χ2n) is 5.92. The van der Waals surface area contributed by atoms with Gasteiger partial charge in [0.15, 0.2) is 0 Å². The third kappa shape index (κ3) is 4.89. The summed E-state index contributed by atoms with van der Waals surface area (Å²) in [5.41, 5.74) is 5.37. The van der Waals surface area contributed by atoms with Gasteiger partial charge >= 0.3 is 0 Å². The fourth-order valence-corrected chi connectivity index (χ4v) is 2.99. The summed E-state index contributed by atoms with van der Waals surface area (Å²) in [4.78, 5) is 14.8. The predicted molar refractivity (Wildman–Crippen MR) is 108 cm³/mol. The standard InChI is InChI=1S/C19H18N4O3S/c1-13(2)26-18-6-4-3-5-15(18)11-20-22-19-21-17(12-27-19)14-7-9-16(10-8-14)23(24)25/h3-13H,1-2H3,(H,21,22)/b20-11+. The largest absolute Gasteiger partial charge is 0.490 e. The Hall–Kier alpha value is -3.26. The first-order valence-corrected chi connectivity index (χ1v) is 9.16. The highest BCUT2D eigenvalue weighted by atomic mass is 32.1. The molecule has 0 saturated heterocycles. The van der Waals surface area contributed by atoms with Crippen LogP contribution in [-0.4, -0.2) is 22.2 Å². The van der Waals surface area contributed by atoms with Crippen LogP contribution in [0.3, 0.4) is 0 Å². The van der Waals surface area contributed by atoms with E-state index in [9.17, 15) is 10.1 Å². The van der Waals surface area contributed by atoms with E-state index in [-0.39, 0.29) is 11.8 Å². The van der Waals surface area contributed by atoms with Gasteiger partial charge in [-0.05, 0) is 38.1 Å². The topological polar surface area (TPSA) is 89.7 Å². The number of non-ortho nitro benzene ring substituents is 1. The van der Waals surface area contributed by atoms with Gasteiger partial charge in [0, 0.05) is 28.6 Å². The Bertz CT molecular complexity index is 952. The molecule has 27 heavy (non-hydrogen) atoms. The van der Waals surface area contributed by atoms with E-state index in [0.717, 1.165) is 22.6 Å². The number of nitro benzene ring substituents is 1. The fourth-order valence-electron chi connectivity index (χ4n) is 2.32. The van der Waals surface area contributed by atoms with Gasteiger partial charge in [0.1, 0.15) is 5.75 Å². The van der Waals surface area contributed by atoms with Crippen LogP contribution >= 0.6 is 11.3 Å². The van der Waals surface area contributed by atoms with Crippen molar-refractivity contribution < 1.29 is 9.66 Å². The molecule has 0 bridgehead atoms. The molecule has 8 heteroatoms. The van der Waals surface area contributed by atoms with Gasteiger partial charge in [-0.15, -0.1) is 11.3 Å². The van der Waals surface area contributed by atoms with Crippen molar-refractivity contribution in [3.8, 4) is 17.0 Å². The van der Waals surface area contributed by atoms with E-state index in [1.807, 2.05) is 43.5 Å². The van der Waals surface area contributed by atoms with Crippen molar-refractivity contribution in [1.82, 2.24) is 4.98 Å².